The van der Waals surface area contributed by atoms with Crippen molar-refractivity contribution in [3.8, 4) is 0 Å². The van der Waals surface area contributed by atoms with Gasteiger partial charge in [-0.2, -0.15) is 5.10 Å². The summed E-state index contributed by atoms with van der Waals surface area (Å²) >= 11 is 0. The third kappa shape index (κ3) is 3.30. The molecule has 8 nitrogen and oxygen atoms in total. The zero-order valence-electron chi connectivity index (χ0n) is 10.0. The van der Waals surface area contributed by atoms with E-state index in [2.05, 4.69) is 5.10 Å². The predicted octanol–water partition coefficient (Wildman–Crippen LogP) is -0.184. The Labute approximate surface area is 103 Å². The number of hydrogen-bond donors (Lipinski definition) is 2. The first-order valence-electron chi connectivity index (χ1n) is 5.27. The van der Waals surface area contributed by atoms with E-state index >= 15 is 0 Å². The molecule has 3 amide bonds. The summed E-state index contributed by atoms with van der Waals surface area (Å²) in [6.45, 7) is 3.45. The van der Waals surface area contributed by atoms with Crippen molar-refractivity contribution in [2.75, 3.05) is 6.61 Å². The number of imide groups is 1. The smallest absolute Gasteiger partial charge is 0.341 e. The standard InChI is InChI=1S/C10H14N4O4/c1-3-18-9(16)7-4-12-14(5-7)6(2)8(15)13-10(11)17/h4-6H,3H2,1-2H3,(H3,11,13,15,17). The molecule has 1 unspecified atom stereocenters. The van der Waals surface area contributed by atoms with Gasteiger partial charge < -0.3 is 10.5 Å². The average molecular weight is 254 g/mol. The van der Waals surface area contributed by atoms with Crippen molar-refractivity contribution >= 4 is 17.9 Å². The van der Waals surface area contributed by atoms with Crippen LogP contribution in [0.4, 0.5) is 4.79 Å². The fourth-order valence-corrected chi connectivity index (χ4v) is 1.22. The molecule has 1 aromatic rings. The van der Waals surface area contributed by atoms with E-state index in [-0.39, 0.29) is 12.2 Å². The van der Waals surface area contributed by atoms with Gasteiger partial charge in [-0.05, 0) is 13.8 Å². The largest absolute Gasteiger partial charge is 0.462 e. The van der Waals surface area contributed by atoms with Gasteiger partial charge in [-0.15, -0.1) is 0 Å². The molecule has 1 atom stereocenters. The predicted molar refractivity (Wildman–Crippen MR) is 60.6 cm³/mol. The highest BCUT2D eigenvalue weighted by Crippen LogP contribution is 2.07. The van der Waals surface area contributed by atoms with Crippen molar-refractivity contribution in [1.29, 1.82) is 0 Å². The Balaban J connectivity index is 2.76. The van der Waals surface area contributed by atoms with Crippen LogP contribution in [0.15, 0.2) is 12.4 Å². The van der Waals surface area contributed by atoms with Crippen LogP contribution in [0.25, 0.3) is 0 Å². The molecule has 0 aromatic carbocycles. The van der Waals surface area contributed by atoms with Gasteiger partial charge in [-0.25, -0.2) is 9.59 Å². The second kappa shape index (κ2) is 5.80. The molecule has 0 aliphatic carbocycles. The second-order valence-corrected chi connectivity index (χ2v) is 3.46. The number of amides is 3. The van der Waals surface area contributed by atoms with Crippen LogP contribution in [0.3, 0.4) is 0 Å². The number of urea groups is 1. The highest BCUT2D eigenvalue weighted by molar-refractivity contribution is 5.95. The Morgan fingerprint density at radius 3 is 2.78 bits per heavy atom. The van der Waals surface area contributed by atoms with Crippen molar-refractivity contribution in [2.24, 2.45) is 5.73 Å². The summed E-state index contributed by atoms with van der Waals surface area (Å²) in [5.74, 6) is -1.13. The SMILES string of the molecule is CCOC(=O)c1cnn(C(C)C(=O)NC(N)=O)c1. The minimum Gasteiger partial charge on any atom is -0.462 e. The average Bonchev–Trinajstić information content (AvgIpc) is 2.76. The lowest BCUT2D eigenvalue weighted by molar-refractivity contribution is -0.122. The molecule has 0 radical (unpaired) electrons. The van der Waals surface area contributed by atoms with Crippen LogP contribution in [0, 0.1) is 0 Å². The number of primary amides is 1. The Morgan fingerprint density at radius 1 is 1.56 bits per heavy atom. The summed E-state index contributed by atoms with van der Waals surface area (Å²) in [4.78, 5) is 33.4. The van der Waals surface area contributed by atoms with Crippen LogP contribution in [-0.2, 0) is 9.53 Å². The lowest BCUT2D eigenvalue weighted by Crippen LogP contribution is -2.39. The van der Waals surface area contributed by atoms with E-state index in [1.165, 1.54) is 24.0 Å². The third-order valence-corrected chi connectivity index (χ3v) is 2.14. The fraction of sp³-hybridized carbons (Fsp3) is 0.400. The summed E-state index contributed by atoms with van der Waals surface area (Å²) in [5, 5.41) is 5.78. The Kier molecular flexibility index (Phi) is 4.41. The minimum atomic E-state index is -0.940. The normalized spacial score (nSPS) is 11.7. The minimum absolute atomic E-state index is 0.232. The molecular formula is C10H14N4O4. The zero-order valence-corrected chi connectivity index (χ0v) is 10.0. The van der Waals surface area contributed by atoms with Gasteiger partial charge in [0.05, 0.1) is 18.4 Å². The quantitative estimate of drug-likeness (QED) is 0.722. The van der Waals surface area contributed by atoms with Gasteiger partial charge in [-0.1, -0.05) is 0 Å². The van der Waals surface area contributed by atoms with Crippen LogP contribution in [-0.4, -0.2) is 34.3 Å². The van der Waals surface area contributed by atoms with E-state index in [1.807, 2.05) is 5.32 Å². The second-order valence-electron chi connectivity index (χ2n) is 3.46. The molecule has 1 rings (SSSR count). The number of ether oxygens (including phenoxy) is 1. The maximum atomic E-state index is 11.5. The topological polar surface area (TPSA) is 116 Å². The molecule has 18 heavy (non-hydrogen) atoms. The van der Waals surface area contributed by atoms with Crippen LogP contribution in [0.5, 0.6) is 0 Å². The number of esters is 1. The molecule has 1 heterocycles. The van der Waals surface area contributed by atoms with Crippen molar-refractivity contribution in [3.05, 3.63) is 18.0 Å². The maximum absolute atomic E-state index is 11.5. The summed E-state index contributed by atoms with van der Waals surface area (Å²) in [7, 11) is 0. The number of nitrogens with zero attached hydrogens (tertiary/aromatic N) is 2. The van der Waals surface area contributed by atoms with E-state index in [9.17, 15) is 14.4 Å². The van der Waals surface area contributed by atoms with Crippen molar-refractivity contribution in [3.63, 3.8) is 0 Å². The summed E-state index contributed by atoms with van der Waals surface area (Å²) in [6, 6.07) is -1.70. The fourth-order valence-electron chi connectivity index (χ4n) is 1.22. The monoisotopic (exact) mass is 254 g/mol. The third-order valence-electron chi connectivity index (χ3n) is 2.14. The molecule has 0 spiro atoms. The molecule has 0 bridgehead atoms. The molecule has 0 aliphatic rings. The number of nitrogens with one attached hydrogen (secondary N) is 1. The number of nitrogens with two attached hydrogens (primary N) is 1. The molecular weight excluding hydrogens is 240 g/mol. The first-order valence-corrected chi connectivity index (χ1v) is 5.27. The number of carbonyl (C=O) groups is 3. The van der Waals surface area contributed by atoms with Gasteiger partial charge in [0.25, 0.3) is 5.91 Å². The van der Waals surface area contributed by atoms with Gasteiger partial charge in [-0.3, -0.25) is 14.8 Å². The highest BCUT2D eigenvalue weighted by Gasteiger charge is 2.19. The van der Waals surface area contributed by atoms with E-state index < -0.39 is 23.9 Å². The van der Waals surface area contributed by atoms with Crippen LogP contribution in [0.1, 0.15) is 30.2 Å². The van der Waals surface area contributed by atoms with E-state index in [0.29, 0.717) is 0 Å². The van der Waals surface area contributed by atoms with E-state index in [4.69, 9.17) is 10.5 Å². The lowest BCUT2D eigenvalue weighted by atomic mass is 10.3. The highest BCUT2D eigenvalue weighted by atomic mass is 16.5. The summed E-state index contributed by atoms with van der Waals surface area (Å²) in [6.07, 6.45) is 2.65. The van der Waals surface area contributed by atoms with Crippen molar-refractivity contribution in [2.45, 2.75) is 19.9 Å². The van der Waals surface area contributed by atoms with Crippen LogP contribution < -0.4 is 11.1 Å². The van der Waals surface area contributed by atoms with Gasteiger partial charge in [0.15, 0.2) is 0 Å². The molecule has 3 N–H and O–H groups in total. The van der Waals surface area contributed by atoms with Crippen LogP contribution in [0.2, 0.25) is 0 Å². The first-order chi connectivity index (χ1) is 8.45. The van der Waals surface area contributed by atoms with Gasteiger partial charge in [0, 0.05) is 6.20 Å². The zero-order chi connectivity index (χ0) is 13.7. The molecule has 0 fully saturated rings. The van der Waals surface area contributed by atoms with Gasteiger partial charge >= 0.3 is 12.0 Å². The number of aromatic nitrogens is 2. The number of hydrogen-bond acceptors (Lipinski definition) is 5. The Bertz CT molecular complexity index is 468. The van der Waals surface area contributed by atoms with Gasteiger partial charge in [0.2, 0.25) is 0 Å². The van der Waals surface area contributed by atoms with E-state index in [0.717, 1.165) is 0 Å². The summed E-state index contributed by atoms with van der Waals surface area (Å²) < 4.78 is 6.02. The molecule has 0 saturated heterocycles. The molecule has 1 aromatic heterocycles. The van der Waals surface area contributed by atoms with Crippen molar-refractivity contribution < 1.29 is 19.1 Å². The van der Waals surface area contributed by atoms with Crippen LogP contribution >= 0.6 is 0 Å². The molecule has 98 valence electrons. The molecule has 0 saturated carbocycles. The molecule has 0 aliphatic heterocycles. The Hall–Kier alpha value is -2.38. The maximum Gasteiger partial charge on any atom is 0.341 e. The Morgan fingerprint density at radius 2 is 2.22 bits per heavy atom. The molecule has 8 heteroatoms. The van der Waals surface area contributed by atoms with E-state index in [1.54, 1.807) is 6.92 Å². The summed E-state index contributed by atoms with van der Waals surface area (Å²) in [5.41, 5.74) is 5.06. The first kappa shape index (κ1) is 13.7. The number of rotatable bonds is 4. The van der Waals surface area contributed by atoms with Gasteiger partial charge in [0.1, 0.15) is 6.04 Å². The van der Waals surface area contributed by atoms with Crippen molar-refractivity contribution in [1.82, 2.24) is 15.1 Å². The number of carbonyl (C=O) groups excluding carboxylic acids is 3. The lowest BCUT2D eigenvalue weighted by Gasteiger charge is -2.10.